The SMILES string of the molecule is C=CCN(CCN1CCOCC1)C(=O)C1N(CCCO)C(=O)[C@@H]2[C@@H](C(=O)N(CC=C)CCC)[C@@]3(CC)CCC12O3. The zero-order chi connectivity index (χ0) is 28.9. The third-order valence-corrected chi connectivity index (χ3v) is 9.34. The molecule has 0 aromatic rings. The molecule has 4 saturated heterocycles. The summed E-state index contributed by atoms with van der Waals surface area (Å²) < 4.78 is 12.4. The van der Waals surface area contributed by atoms with Crippen LogP contribution < -0.4 is 0 Å². The largest absolute Gasteiger partial charge is 0.396 e. The van der Waals surface area contributed by atoms with Gasteiger partial charge in [-0.15, -0.1) is 13.2 Å². The molecule has 0 saturated carbocycles. The quantitative estimate of drug-likeness (QED) is 0.301. The summed E-state index contributed by atoms with van der Waals surface area (Å²) >= 11 is 0. The van der Waals surface area contributed by atoms with E-state index < -0.39 is 29.1 Å². The fraction of sp³-hybridized carbons (Fsp3) is 0.767. The molecule has 2 unspecified atom stereocenters. The number of hydrogen-bond donors (Lipinski definition) is 1. The van der Waals surface area contributed by atoms with Gasteiger partial charge in [0, 0.05) is 59.0 Å². The van der Waals surface area contributed by atoms with Crippen molar-refractivity contribution in [1.29, 1.82) is 0 Å². The van der Waals surface area contributed by atoms with Crippen LogP contribution in [-0.4, -0.2) is 132 Å². The highest BCUT2D eigenvalue weighted by atomic mass is 16.5. The second kappa shape index (κ2) is 13.1. The molecule has 4 fully saturated rings. The summed E-state index contributed by atoms with van der Waals surface area (Å²) in [4.78, 5) is 50.3. The third-order valence-electron chi connectivity index (χ3n) is 9.34. The highest BCUT2D eigenvalue weighted by Gasteiger charge is 2.78. The molecule has 10 heteroatoms. The lowest BCUT2D eigenvalue weighted by molar-refractivity contribution is -0.155. The summed E-state index contributed by atoms with van der Waals surface area (Å²) in [5.41, 5.74) is -1.84. The Balaban J connectivity index is 1.69. The van der Waals surface area contributed by atoms with Crippen molar-refractivity contribution in [1.82, 2.24) is 19.6 Å². The van der Waals surface area contributed by atoms with Crippen molar-refractivity contribution in [3.63, 3.8) is 0 Å². The minimum Gasteiger partial charge on any atom is -0.396 e. The number of amides is 3. The molecule has 0 aromatic heterocycles. The van der Waals surface area contributed by atoms with Crippen LogP contribution in [0, 0.1) is 11.8 Å². The molecule has 40 heavy (non-hydrogen) atoms. The number of fused-ring (bicyclic) bond motifs is 1. The number of morpholine rings is 1. The molecule has 2 bridgehead atoms. The van der Waals surface area contributed by atoms with Gasteiger partial charge in [-0.3, -0.25) is 19.3 Å². The van der Waals surface area contributed by atoms with Crippen molar-refractivity contribution < 1.29 is 29.0 Å². The Morgan fingerprint density at radius 1 is 1.05 bits per heavy atom. The Kier molecular flexibility index (Phi) is 10.1. The number of likely N-dealkylation sites (tertiary alicyclic amines) is 1. The Morgan fingerprint density at radius 2 is 1.73 bits per heavy atom. The van der Waals surface area contributed by atoms with Gasteiger partial charge in [-0.05, 0) is 32.1 Å². The van der Waals surface area contributed by atoms with Gasteiger partial charge in [0.15, 0.2) is 0 Å². The molecule has 0 aliphatic carbocycles. The summed E-state index contributed by atoms with van der Waals surface area (Å²) in [6, 6.07) is -0.841. The second-order valence-corrected chi connectivity index (χ2v) is 11.5. The van der Waals surface area contributed by atoms with Crippen LogP contribution in [0.25, 0.3) is 0 Å². The summed E-state index contributed by atoms with van der Waals surface area (Å²) in [5.74, 6) is -1.84. The molecule has 5 atom stereocenters. The summed E-state index contributed by atoms with van der Waals surface area (Å²) in [6.45, 7) is 17.4. The maximum atomic E-state index is 14.5. The maximum absolute atomic E-state index is 14.5. The molecule has 10 nitrogen and oxygen atoms in total. The van der Waals surface area contributed by atoms with Crippen LogP contribution in [0.15, 0.2) is 25.3 Å². The molecule has 0 aromatic carbocycles. The molecule has 4 heterocycles. The fourth-order valence-corrected chi connectivity index (χ4v) is 7.48. The fourth-order valence-electron chi connectivity index (χ4n) is 7.48. The van der Waals surface area contributed by atoms with E-state index in [0.717, 1.165) is 19.5 Å². The Morgan fingerprint density at radius 3 is 2.33 bits per heavy atom. The van der Waals surface area contributed by atoms with E-state index in [4.69, 9.17) is 9.47 Å². The number of hydrogen-bond acceptors (Lipinski definition) is 7. The summed E-state index contributed by atoms with van der Waals surface area (Å²) in [5, 5.41) is 9.64. The van der Waals surface area contributed by atoms with Crippen LogP contribution in [0.2, 0.25) is 0 Å². The van der Waals surface area contributed by atoms with Crippen LogP contribution >= 0.6 is 0 Å². The number of aliphatic hydroxyl groups is 1. The van der Waals surface area contributed by atoms with E-state index in [1.165, 1.54) is 0 Å². The van der Waals surface area contributed by atoms with E-state index in [1.54, 1.807) is 26.9 Å². The molecular weight excluding hydrogens is 512 g/mol. The van der Waals surface area contributed by atoms with E-state index in [-0.39, 0.29) is 30.9 Å². The average Bonchev–Trinajstić information content (AvgIpc) is 3.57. The zero-order valence-corrected chi connectivity index (χ0v) is 24.4. The first-order chi connectivity index (χ1) is 19.3. The molecule has 1 N–H and O–H groups in total. The Labute approximate surface area is 238 Å². The minimum absolute atomic E-state index is 0.0889. The molecule has 4 aliphatic heterocycles. The lowest BCUT2D eigenvalue weighted by atomic mass is 9.64. The van der Waals surface area contributed by atoms with Gasteiger partial charge < -0.3 is 29.3 Å². The van der Waals surface area contributed by atoms with Crippen molar-refractivity contribution in [2.45, 2.75) is 63.2 Å². The smallest absolute Gasteiger partial charge is 0.248 e. The van der Waals surface area contributed by atoms with Gasteiger partial charge in [-0.1, -0.05) is 26.0 Å². The maximum Gasteiger partial charge on any atom is 0.248 e. The molecule has 4 aliphatic rings. The standard InChI is InChI=1S/C30H48N4O6/c1-5-12-32(13-6-2)26(36)23-24-27(37)34(15-9-20-35)25(30(24)11-10-29(23,8-4)40-30)28(38)33(14-7-3)17-16-31-18-21-39-22-19-31/h5,7,23-25,35H,1,3,6,8-22H2,2,4H3/t23-,24-,25?,29+,30?/m0/s1. The monoisotopic (exact) mass is 560 g/mol. The van der Waals surface area contributed by atoms with Crippen molar-refractivity contribution in [3.05, 3.63) is 25.3 Å². The third kappa shape index (κ3) is 5.35. The first kappa shape index (κ1) is 30.7. The Bertz CT molecular complexity index is 954. The van der Waals surface area contributed by atoms with E-state index in [1.807, 2.05) is 13.8 Å². The van der Waals surface area contributed by atoms with Crippen LogP contribution in [0.5, 0.6) is 0 Å². The molecule has 3 amide bonds. The lowest BCUT2D eigenvalue weighted by Crippen LogP contribution is -2.57. The van der Waals surface area contributed by atoms with E-state index in [0.29, 0.717) is 71.6 Å². The van der Waals surface area contributed by atoms with Crippen molar-refractivity contribution in [2.24, 2.45) is 11.8 Å². The number of aliphatic hydroxyl groups excluding tert-OH is 1. The highest BCUT2D eigenvalue weighted by Crippen LogP contribution is 2.64. The van der Waals surface area contributed by atoms with Gasteiger partial charge in [-0.25, -0.2) is 0 Å². The molecule has 224 valence electrons. The zero-order valence-electron chi connectivity index (χ0n) is 24.4. The molecule has 4 rings (SSSR count). The van der Waals surface area contributed by atoms with Crippen LogP contribution in [0.3, 0.4) is 0 Å². The normalized spacial score (nSPS) is 31.3. The minimum atomic E-state index is -1.07. The predicted octanol–water partition coefficient (Wildman–Crippen LogP) is 1.30. The van der Waals surface area contributed by atoms with Crippen LogP contribution in [0.1, 0.15) is 46.0 Å². The predicted molar refractivity (Wildman–Crippen MR) is 151 cm³/mol. The molecule has 0 radical (unpaired) electrons. The van der Waals surface area contributed by atoms with Gasteiger partial charge in [0.05, 0.1) is 30.7 Å². The number of nitrogens with zero attached hydrogens (tertiary/aromatic N) is 4. The van der Waals surface area contributed by atoms with E-state index in [2.05, 4.69) is 18.1 Å². The lowest BCUT2D eigenvalue weighted by Gasteiger charge is -2.37. The topological polar surface area (TPSA) is 103 Å². The summed E-state index contributed by atoms with van der Waals surface area (Å²) in [6.07, 6.45) is 6.34. The number of carbonyl (C=O) groups is 3. The molecule has 1 spiro atoms. The van der Waals surface area contributed by atoms with Crippen molar-refractivity contribution in [2.75, 3.05) is 72.2 Å². The van der Waals surface area contributed by atoms with Gasteiger partial charge in [0.2, 0.25) is 17.7 Å². The number of rotatable bonds is 15. The van der Waals surface area contributed by atoms with Gasteiger partial charge in [0.25, 0.3) is 0 Å². The number of ether oxygens (including phenoxy) is 2. The van der Waals surface area contributed by atoms with Crippen LogP contribution in [0.4, 0.5) is 0 Å². The van der Waals surface area contributed by atoms with E-state index >= 15 is 0 Å². The van der Waals surface area contributed by atoms with E-state index in [9.17, 15) is 19.5 Å². The van der Waals surface area contributed by atoms with Gasteiger partial charge in [0.1, 0.15) is 11.6 Å². The highest BCUT2D eigenvalue weighted by molar-refractivity contribution is 5.99. The Hall–Kier alpha value is -2.27. The number of carbonyl (C=O) groups excluding carboxylic acids is 3. The van der Waals surface area contributed by atoms with Crippen molar-refractivity contribution in [3.8, 4) is 0 Å². The average molecular weight is 561 g/mol. The van der Waals surface area contributed by atoms with Gasteiger partial charge >= 0.3 is 0 Å². The first-order valence-corrected chi connectivity index (χ1v) is 15.0. The second-order valence-electron chi connectivity index (χ2n) is 11.5. The van der Waals surface area contributed by atoms with Crippen molar-refractivity contribution >= 4 is 17.7 Å². The van der Waals surface area contributed by atoms with Crippen LogP contribution in [-0.2, 0) is 23.9 Å². The summed E-state index contributed by atoms with van der Waals surface area (Å²) in [7, 11) is 0. The van der Waals surface area contributed by atoms with Gasteiger partial charge in [-0.2, -0.15) is 0 Å². The molecular formula is C30H48N4O6. The first-order valence-electron chi connectivity index (χ1n) is 15.0.